The maximum Gasteiger partial charge on any atom is 0.0133 e. The molecule has 1 fully saturated rings. The summed E-state index contributed by atoms with van der Waals surface area (Å²) >= 11 is 2.38. The van der Waals surface area contributed by atoms with Crippen LogP contribution in [-0.4, -0.2) is 13.1 Å². The van der Waals surface area contributed by atoms with Gasteiger partial charge in [0.05, 0.1) is 0 Å². The molecule has 2 rings (SSSR count). The number of hydrogen-bond acceptors (Lipinski definition) is 1. The van der Waals surface area contributed by atoms with Crippen molar-refractivity contribution in [1.29, 1.82) is 0 Å². The Balaban J connectivity index is 2.33. The monoisotopic (exact) mass is 287 g/mol. The van der Waals surface area contributed by atoms with Crippen LogP contribution in [0.3, 0.4) is 0 Å². The van der Waals surface area contributed by atoms with E-state index in [1.807, 2.05) is 0 Å². The average molecular weight is 287 g/mol. The summed E-state index contributed by atoms with van der Waals surface area (Å²) in [5, 5.41) is 3.43. The van der Waals surface area contributed by atoms with E-state index < -0.39 is 0 Å². The van der Waals surface area contributed by atoms with Crippen LogP contribution in [0.5, 0.6) is 0 Å². The first-order valence-electron chi connectivity index (χ1n) is 4.67. The molecule has 0 bridgehead atoms. The smallest absolute Gasteiger partial charge is 0.0133 e. The Kier molecular flexibility index (Phi) is 2.60. The zero-order chi connectivity index (χ0) is 9.31. The summed E-state index contributed by atoms with van der Waals surface area (Å²) in [6.45, 7) is 4.62. The molecule has 0 aromatic heterocycles. The third-order valence-electron chi connectivity index (χ3n) is 2.89. The quantitative estimate of drug-likeness (QED) is 0.783. The van der Waals surface area contributed by atoms with Gasteiger partial charge in [-0.3, -0.25) is 0 Å². The summed E-state index contributed by atoms with van der Waals surface area (Å²) in [7, 11) is 0. The first-order chi connectivity index (χ1) is 6.21. The van der Waals surface area contributed by atoms with Crippen molar-refractivity contribution in [2.45, 2.75) is 18.8 Å². The van der Waals surface area contributed by atoms with Crippen molar-refractivity contribution in [3.05, 3.63) is 33.4 Å². The predicted molar refractivity (Wildman–Crippen MR) is 64.0 cm³/mol. The molecule has 0 amide bonds. The number of hydrogen-bond donors (Lipinski definition) is 1. The molecule has 0 spiro atoms. The summed E-state index contributed by atoms with van der Waals surface area (Å²) < 4.78 is 1.34. The Hall–Kier alpha value is -0.0900. The van der Waals surface area contributed by atoms with Crippen molar-refractivity contribution >= 4 is 22.6 Å². The maximum absolute atomic E-state index is 3.43. The zero-order valence-corrected chi connectivity index (χ0v) is 9.97. The minimum absolute atomic E-state index is 0.362. The second kappa shape index (κ2) is 3.58. The molecule has 1 aromatic carbocycles. The second-order valence-electron chi connectivity index (χ2n) is 4.00. The van der Waals surface area contributed by atoms with Crippen LogP contribution in [0.25, 0.3) is 0 Å². The summed E-state index contributed by atoms with van der Waals surface area (Å²) in [5.74, 6) is 0. The van der Waals surface area contributed by atoms with Crippen molar-refractivity contribution in [3.8, 4) is 0 Å². The van der Waals surface area contributed by atoms with E-state index in [0.29, 0.717) is 5.41 Å². The Morgan fingerprint density at radius 1 is 1.46 bits per heavy atom. The van der Waals surface area contributed by atoms with E-state index in [2.05, 4.69) is 59.1 Å². The predicted octanol–water partition coefficient (Wildman–Crippen LogP) is 2.54. The summed E-state index contributed by atoms with van der Waals surface area (Å²) in [6.07, 6.45) is 1.26. The number of rotatable bonds is 1. The van der Waals surface area contributed by atoms with Crippen LogP contribution >= 0.6 is 22.6 Å². The Morgan fingerprint density at radius 2 is 2.31 bits per heavy atom. The largest absolute Gasteiger partial charge is 0.316 e. The highest BCUT2D eigenvalue weighted by Gasteiger charge is 2.30. The topological polar surface area (TPSA) is 12.0 Å². The fourth-order valence-electron chi connectivity index (χ4n) is 1.93. The van der Waals surface area contributed by atoms with Gasteiger partial charge >= 0.3 is 0 Å². The third-order valence-corrected chi connectivity index (χ3v) is 3.56. The first-order valence-corrected chi connectivity index (χ1v) is 5.75. The van der Waals surface area contributed by atoms with Crippen LogP contribution < -0.4 is 5.32 Å². The molecular weight excluding hydrogens is 273 g/mol. The molecule has 1 nitrogen and oxygen atoms in total. The van der Waals surface area contributed by atoms with Gasteiger partial charge in [-0.25, -0.2) is 0 Å². The van der Waals surface area contributed by atoms with Crippen molar-refractivity contribution < 1.29 is 0 Å². The van der Waals surface area contributed by atoms with Gasteiger partial charge in [-0.05, 0) is 53.3 Å². The van der Waals surface area contributed by atoms with Gasteiger partial charge in [-0.1, -0.05) is 19.1 Å². The number of halogens is 1. The fourth-order valence-corrected chi connectivity index (χ4v) is 2.47. The van der Waals surface area contributed by atoms with Crippen LogP contribution in [-0.2, 0) is 5.41 Å². The SMILES string of the molecule is CC1(c2cccc(I)c2)CCNC1. The minimum Gasteiger partial charge on any atom is -0.316 e. The van der Waals surface area contributed by atoms with E-state index >= 15 is 0 Å². The maximum atomic E-state index is 3.43. The first kappa shape index (κ1) is 9.46. The highest BCUT2D eigenvalue weighted by atomic mass is 127. The molecule has 0 saturated carbocycles. The molecule has 1 aliphatic heterocycles. The lowest BCUT2D eigenvalue weighted by Gasteiger charge is -2.23. The van der Waals surface area contributed by atoms with Gasteiger partial charge in [-0.15, -0.1) is 0 Å². The molecule has 1 N–H and O–H groups in total. The van der Waals surface area contributed by atoms with E-state index in [1.54, 1.807) is 0 Å². The normalized spacial score (nSPS) is 27.8. The van der Waals surface area contributed by atoms with Gasteiger partial charge in [0.2, 0.25) is 0 Å². The van der Waals surface area contributed by atoms with Gasteiger partial charge in [0.25, 0.3) is 0 Å². The summed E-state index contributed by atoms with van der Waals surface area (Å²) in [4.78, 5) is 0. The number of benzene rings is 1. The van der Waals surface area contributed by atoms with Crippen LogP contribution in [0.1, 0.15) is 18.9 Å². The van der Waals surface area contributed by atoms with Crippen molar-refractivity contribution in [1.82, 2.24) is 5.32 Å². The lowest BCUT2D eigenvalue weighted by Crippen LogP contribution is -2.24. The molecule has 1 unspecified atom stereocenters. The Labute approximate surface area is 93.1 Å². The van der Waals surface area contributed by atoms with Crippen LogP contribution in [0.4, 0.5) is 0 Å². The highest BCUT2D eigenvalue weighted by Crippen LogP contribution is 2.30. The van der Waals surface area contributed by atoms with Crippen molar-refractivity contribution in [3.63, 3.8) is 0 Å². The lowest BCUT2D eigenvalue weighted by atomic mass is 9.82. The molecule has 1 heterocycles. The van der Waals surface area contributed by atoms with Gasteiger partial charge in [0.15, 0.2) is 0 Å². The standard InChI is InChI=1S/C11H14IN/c1-11(5-6-13-8-11)9-3-2-4-10(12)7-9/h2-4,7,13H,5-6,8H2,1H3. The summed E-state index contributed by atoms with van der Waals surface area (Å²) in [5.41, 5.74) is 1.84. The van der Waals surface area contributed by atoms with Gasteiger partial charge in [-0.2, -0.15) is 0 Å². The number of nitrogens with one attached hydrogen (secondary N) is 1. The lowest BCUT2D eigenvalue weighted by molar-refractivity contribution is 0.525. The molecule has 2 heteroatoms. The molecule has 70 valence electrons. The molecule has 13 heavy (non-hydrogen) atoms. The van der Waals surface area contributed by atoms with E-state index in [9.17, 15) is 0 Å². The van der Waals surface area contributed by atoms with E-state index in [-0.39, 0.29) is 0 Å². The highest BCUT2D eigenvalue weighted by molar-refractivity contribution is 14.1. The molecule has 1 aromatic rings. The van der Waals surface area contributed by atoms with E-state index in [4.69, 9.17) is 0 Å². The molecule has 0 aliphatic carbocycles. The fraction of sp³-hybridized carbons (Fsp3) is 0.455. The van der Waals surface area contributed by atoms with Gasteiger partial charge in [0.1, 0.15) is 0 Å². The molecule has 1 saturated heterocycles. The van der Waals surface area contributed by atoms with Crippen molar-refractivity contribution in [2.24, 2.45) is 0 Å². The molecule has 1 atom stereocenters. The molecule has 0 radical (unpaired) electrons. The van der Waals surface area contributed by atoms with E-state index in [1.165, 1.54) is 15.6 Å². The second-order valence-corrected chi connectivity index (χ2v) is 5.24. The Morgan fingerprint density at radius 3 is 2.92 bits per heavy atom. The van der Waals surface area contributed by atoms with E-state index in [0.717, 1.165) is 13.1 Å². The minimum atomic E-state index is 0.362. The van der Waals surface area contributed by atoms with Crippen LogP contribution in [0.2, 0.25) is 0 Å². The molecule has 1 aliphatic rings. The van der Waals surface area contributed by atoms with Crippen LogP contribution in [0.15, 0.2) is 24.3 Å². The van der Waals surface area contributed by atoms with Crippen LogP contribution in [0, 0.1) is 3.57 Å². The average Bonchev–Trinajstić information content (AvgIpc) is 2.54. The zero-order valence-electron chi connectivity index (χ0n) is 7.81. The van der Waals surface area contributed by atoms with Crippen molar-refractivity contribution in [2.75, 3.05) is 13.1 Å². The van der Waals surface area contributed by atoms with Gasteiger partial charge in [0, 0.05) is 15.5 Å². The Bertz CT molecular complexity index is 303. The van der Waals surface area contributed by atoms with Gasteiger partial charge < -0.3 is 5.32 Å². The third kappa shape index (κ3) is 1.89. The summed E-state index contributed by atoms with van der Waals surface area (Å²) in [6, 6.07) is 8.85. The molecular formula is C11H14IN.